The van der Waals surface area contributed by atoms with Crippen LogP contribution in [0.2, 0.25) is 0 Å². The Morgan fingerprint density at radius 2 is 2.12 bits per heavy atom. The van der Waals surface area contributed by atoms with Gasteiger partial charge < -0.3 is 9.84 Å². The van der Waals surface area contributed by atoms with E-state index >= 15 is 0 Å². The summed E-state index contributed by atoms with van der Waals surface area (Å²) in [5.74, 6) is 2.38. The maximum Gasteiger partial charge on any atom is 0.122 e. The molecular weight excluding hydrogens is 200 g/mol. The molecule has 16 heavy (non-hydrogen) atoms. The van der Waals surface area contributed by atoms with Crippen molar-refractivity contribution in [1.82, 2.24) is 0 Å². The van der Waals surface area contributed by atoms with Crippen molar-refractivity contribution < 1.29 is 9.84 Å². The van der Waals surface area contributed by atoms with Crippen LogP contribution in [0.3, 0.4) is 0 Å². The highest BCUT2D eigenvalue weighted by molar-refractivity contribution is 5.39. The fourth-order valence-electron chi connectivity index (χ4n) is 2.35. The molecule has 0 spiro atoms. The molecular formula is C14H20O2. The molecule has 2 atom stereocenters. The van der Waals surface area contributed by atoms with Crippen LogP contribution in [0.1, 0.15) is 31.7 Å². The SMILES string of the molecule is CC(C)C(CO)CC1COc2ccccc21. The lowest BCUT2D eigenvalue weighted by atomic mass is 9.84. The Bertz CT molecular complexity index is 346. The number of ether oxygens (including phenoxy) is 1. The van der Waals surface area contributed by atoms with Gasteiger partial charge in [-0.3, -0.25) is 0 Å². The molecule has 1 N–H and O–H groups in total. The predicted octanol–water partition coefficient (Wildman–Crippen LogP) is 2.82. The van der Waals surface area contributed by atoms with Gasteiger partial charge in [0, 0.05) is 18.1 Å². The summed E-state index contributed by atoms with van der Waals surface area (Å²) in [6.45, 7) is 5.38. The van der Waals surface area contributed by atoms with E-state index in [2.05, 4.69) is 26.0 Å². The summed E-state index contributed by atoms with van der Waals surface area (Å²) in [7, 11) is 0. The van der Waals surface area contributed by atoms with Crippen molar-refractivity contribution in [3.8, 4) is 5.75 Å². The third-order valence-electron chi connectivity index (χ3n) is 3.56. The maximum atomic E-state index is 9.36. The van der Waals surface area contributed by atoms with Gasteiger partial charge in [0.2, 0.25) is 0 Å². The van der Waals surface area contributed by atoms with E-state index in [1.54, 1.807) is 0 Å². The van der Waals surface area contributed by atoms with Gasteiger partial charge in [0.05, 0.1) is 6.61 Å². The first-order valence-electron chi connectivity index (χ1n) is 6.05. The molecule has 1 aromatic carbocycles. The van der Waals surface area contributed by atoms with Gasteiger partial charge in [-0.2, -0.15) is 0 Å². The van der Waals surface area contributed by atoms with Crippen LogP contribution in [0.5, 0.6) is 5.75 Å². The average molecular weight is 220 g/mol. The third kappa shape index (κ3) is 2.22. The second-order valence-electron chi connectivity index (χ2n) is 4.97. The number of aliphatic hydroxyl groups excluding tert-OH is 1. The Morgan fingerprint density at radius 3 is 2.81 bits per heavy atom. The molecule has 1 aliphatic rings. The zero-order chi connectivity index (χ0) is 11.5. The highest BCUT2D eigenvalue weighted by Gasteiger charge is 2.27. The normalized spacial score (nSPS) is 20.6. The number of rotatable bonds is 4. The molecule has 1 aromatic rings. The van der Waals surface area contributed by atoms with Crippen molar-refractivity contribution in [2.75, 3.05) is 13.2 Å². The predicted molar refractivity (Wildman–Crippen MR) is 64.7 cm³/mol. The van der Waals surface area contributed by atoms with Crippen molar-refractivity contribution in [1.29, 1.82) is 0 Å². The van der Waals surface area contributed by atoms with E-state index in [1.807, 2.05) is 12.1 Å². The number of benzene rings is 1. The molecule has 1 aliphatic heterocycles. The smallest absolute Gasteiger partial charge is 0.122 e. The van der Waals surface area contributed by atoms with Crippen LogP contribution in [0.25, 0.3) is 0 Å². The van der Waals surface area contributed by atoms with Crippen LogP contribution < -0.4 is 4.74 Å². The van der Waals surface area contributed by atoms with Crippen LogP contribution in [-0.2, 0) is 0 Å². The van der Waals surface area contributed by atoms with Crippen molar-refractivity contribution in [3.63, 3.8) is 0 Å². The second-order valence-corrected chi connectivity index (χ2v) is 4.97. The van der Waals surface area contributed by atoms with Crippen LogP contribution in [0.15, 0.2) is 24.3 Å². The third-order valence-corrected chi connectivity index (χ3v) is 3.56. The Kier molecular flexibility index (Phi) is 3.49. The quantitative estimate of drug-likeness (QED) is 0.845. The number of aliphatic hydroxyl groups is 1. The van der Waals surface area contributed by atoms with Gasteiger partial charge in [-0.1, -0.05) is 32.0 Å². The van der Waals surface area contributed by atoms with Crippen LogP contribution >= 0.6 is 0 Å². The minimum Gasteiger partial charge on any atom is -0.493 e. The maximum absolute atomic E-state index is 9.36. The van der Waals surface area contributed by atoms with Crippen LogP contribution in [0, 0.1) is 11.8 Å². The van der Waals surface area contributed by atoms with Gasteiger partial charge in [0.15, 0.2) is 0 Å². The Balaban J connectivity index is 2.08. The van der Waals surface area contributed by atoms with Gasteiger partial charge in [0.1, 0.15) is 5.75 Å². The first kappa shape index (κ1) is 11.5. The van der Waals surface area contributed by atoms with E-state index in [1.165, 1.54) is 5.56 Å². The fourth-order valence-corrected chi connectivity index (χ4v) is 2.35. The van der Waals surface area contributed by atoms with Crippen molar-refractivity contribution in [2.24, 2.45) is 11.8 Å². The molecule has 2 nitrogen and oxygen atoms in total. The van der Waals surface area contributed by atoms with Gasteiger partial charge in [-0.15, -0.1) is 0 Å². The minimum atomic E-state index is 0.274. The number of hydrogen-bond donors (Lipinski definition) is 1. The van der Waals surface area contributed by atoms with Gasteiger partial charge in [0.25, 0.3) is 0 Å². The summed E-state index contributed by atoms with van der Waals surface area (Å²) < 4.78 is 5.65. The number of hydrogen-bond acceptors (Lipinski definition) is 2. The molecule has 0 saturated carbocycles. The molecule has 2 heteroatoms. The second kappa shape index (κ2) is 4.88. The molecule has 0 bridgehead atoms. The summed E-state index contributed by atoms with van der Waals surface area (Å²) >= 11 is 0. The summed E-state index contributed by atoms with van der Waals surface area (Å²) in [4.78, 5) is 0. The largest absolute Gasteiger partial charge is 0.493 e. The minimum absolute atomic E-state index is 0.274. The Morgan fingerprint density at radius 1 is 1.38 bits per heavy atom. The molecule has 0 amide bonds. The summed E-state index contributed by atoms with van der Waals surface area (Å²) in [5.41, 5.74) is 1.31. The lowest BCUT2D eigenvalue weighted by Gasteiger charge is -2.21. The lowest BCUT2D eigenvalue weighted by Crippen LogP contribution is -2.17. The van der Waals surface area contributed by atoms with Crippen LogP contribution in [0.4, 0.5) is 0 Å². The van der Waals surface area contributed by atoms with E-state index in [0.29, 0.717) is 17.8 Å². The summed E-state index contributed by atoms with van der Waals surface area (Å²) in [6, 6.07) is 8.23. The molecule has 2 unspecified atom stereocenters. The van der Waals surface area contributed by atoms with Gasteiger partial charge >= 0.3 is 0 Å². The Hall–Kier alpha value is -1.02. The molecule has 0 aromatic heterocycles. The summed E-state index contributed by atoms with van der Waals surface area (Å²) in [5, 5.41) is 9.36. The lowest BCUT2D eigenvalue weighted by molar-refractivity contribution is 0.168. The molecule has 1 heterocycles. The van der Waals surface area contributed by atoms with E-state index in [-0.39, 0.29) is 6.61 Å². The summed E-state index contributed by atoms with van der Waals surface area (Å²) in [6.07, 6.45) is 1.02. The monoisotopic (exact) mass is 220 g/mol. The van der Waals surface area contributed by atoms with Crippen molar-refractivity contribution >= 4 is 0 Å². The average Bonchev–Trinajstić information content (AvgIpc) is 2.69. The zero-order valence-electron chi connectivity index (χ0n) is 10.0. The van der Waals surface area contributed by atoms with Crippen molar-refractivity contribution in [3.05, 3.63) is 29.8 Å². The molecule has 0 fully saturated rings. The van der Waals surface area contributed by atoms with E-state index in [9.17, 15) is 5.11 Å². The number of para-hydroxylation sites is 1. The molecule has 0 radical (unpaired) electrons. The van der Waals surface area contributed by atoms with E-state index in [4.69, 9.17) is 4.74 Å². The zero-order valence-corrected chi connectivity index (χ0v) is 10.0. The van der Waals surface area contributed by atoms with Crippen molar-refractivity contribution in [2.45, 2.75) is 26.2 Å². The molecule has 2 rings (SSSR count). The highest BCUT2D eigenvalue weighted by atomic mass is 16.5. The molecule has 0 aliphatic carbocycles. The standard InChI is InChI=1S/C14H20O2/c1-10(2)11(8-15)7-12-9-16-14-6-4-3-5-13(12)14/h3-6,10-12,15H,7-9H2,1-2H3. The highest BCUT2D eigenvalue weighted by Crippen LogP contribution is 2.38. The Labute approximate surface area is 97.3 Å². The van der Waals surface area contributed by atoms with E-state index < -0.39 is 0 Å². The number of fused-ring (bicyclic) bond motifs is 1. The molecule has 0 saturated heterocycles. The van der Waals surface area contributed by atoms with Gasteiger partial charge in [-0.05, 0) is 24.3 Å². The van der Waals surface area contributed by atoms with Crippen LogP contribution in [-0.4, -0.2) is 18.3 Å². The first-order chi connectivity index (χ1) is 7.72. The van der Waals surface area contributed by atoms with E-state index in [0.717, 1.165) is 18.8 Å². The first-order valence-corrected chi connectivity index (χ1v) is 6.05. The topological polar surface area (TPSA) is 29.5 Å². The molecule has 88 valence electrons. The fraction of sp³-hybridized carbons (Fsp3) is 0.571. The van der Waals surface area contributed by atoms with Gasteiger partial charge in [-0.25, -0.2) is 0 Å².